The highest BCUT2D eigenvalue weighted by Crippen LogP contribution is 2.04. The number of carbonyl (C=O) groups excluding carboxylic acids is 3. The van der Waals surface area contributed by atoms with Gasteiger partial charge >= 0.3 is 11.9 Å². The van der Waals surface area contributed by atoms with Crippen LogP contribution >= 0.6 is 0 Å². The zero-order valence-electron chi connectivity index (χ0n) is 19.8. The highest BCUT2D eigenvalue weighted by molar-refractivity contribution is 5.94. The predicted molar refractivity (Wildman–Crippen MR) is 126 cm³/mol. The van der Waals surface area contributed by atoms with Crippen LogP contribution in [-0.2, 0) is 30.4 Å². The third kappa shape index (κ3) is 11.3. The monoisotopic (exact) mass is 511 g/mol. The summed E-state index contributed by atoms with van der Waals surface area (Å²) >= 11 is 0. The average molecular weight is 512 g/mol. The van der Waals surface area contributed by atoms with Gasteiger partial charge in [0.1, 0.15) is 18.1 Å². The number of carboxylic acid groups (broad SMARTS) is 2. The lowest BCUT2D eigenvalue weighted by molar-refractivity contribution is -0.142. The van der Waals surface area contributed by atoms with Crippen molar-refractivity contribution in [2.24, 2.45) is 22.2 Å². The molecule has 200 valence electrons. The number of aliphatic carboxylic acids is 2. The molecule has 4 unspecified atom stereocenters. The molecule has 1 aromatic rings. The second-order valence-electron chi connectivity index (χ2n) is 7.96. The van der Waals surface area contributed by atoms with Gasteiger partial charge in [-0.05, 0) is 26.2 Å². The van der Waals surface area contributed by atoms with Gasteiger partial charge in [0.15, 0.2) is 5.96 Å². The Morgan fingerprint density at radius 1 is 1.03 bits per heavy atom. The molecule has 0 fully saturated rings. The first-order valence-corrected chi connectivity index (χ1v) is 11.0. The molecule has 12 N–H and O–H groups in total. The van der Waals surface area contributed by atoms with E-state index in [1.54, 1.807) is 0 Å². The fraction of sp³-hybridized carbons (Fsp3) is 0.550. The quantitative estimate of drug-likeness (QED) is 0.0603. The number of rotatable bonds is 16. The number of aromatic nitrogens is 2. The number of aromatic amines is 1. The van der Waals surface area contributed by atoms with Gasteiger partial charge in [0.2, 0.25) is 17.7 Å². The number of nitrogens with two attached hydrogens (primary N) is 3. The van der Waals surface area contributed by atoms with Crippen molar-refractivity contribution in [2.45, 2.75) is 63.2 Å². The second kappa shape index (κ2) is 14.9. The van der Waals surface area contributed by atoms with Crippen molar-refractivity contribution in [3.63, 3.8) is 0 Å². The van der Waals surface area contributed by atoms with Gasteiger partial charge in [0.05, 0.1) is 12.4 Å². The molecule has 0 saturated heterocycles. The zero-order chi connectivity index (χ0) is 27.3. The maximum Gasteiger partial charge on any atom is 0.326 e. The van der Waals surface area contributed by atoms with Gasteiger partial charge < -0.3 is 48.3 Å². The number of amides is 3. The lowest BCUT2D eigenvalue weighted by Crippen LogP contribution is -2.56. The molecule has 0 aliphatic heterocycles. The van der Waals surface area contributed by atoms with E-state index in [9.17, 15) is 29.1 Å². The molecule has 0 spiro atoms. The minimum Gasteiger partial charge on any atom is -0.481 e. The van der Waals surface area contributed by atoms with Gasteiger partial charge in [0.25, 0.3) is 0 Å². The summed E-state index contributed by atoms with van der Waals surface area (Å²) in [5.41, 5.74) is 16.7. The number of hydrogen-bond acceptors (Lipinski definition) is 8. The molecule has 36 heavy (non-hydrogen) atoms. The molecular weight excluding hydrogens is 478 g/mol. The number of H-pyrrole nitrogens is 1. The molecule has 0 aliphatic rings. The number of nitrogens with one attached hydrogen (secondary N) is 4. The number of guanidine groups is 1. The summed E-state index contributed by atoms with van der Waals surface area (Å²) in [5, 5.41) is 25.4. The number of aliphatic imine (C=N–C) groups is 1. The van der Waals surface area contributed by atoms with Gasteiger partial charge in [0, 0.05) is 31.3 Å². The first kappa shape index (κ1) is 29.8. The third-order valence-electron chi connectivity index (χ3n) is 4.93. The van der Waals surface area contributed by atoms with Crippen LogP contribution in [0.4, 0.5) is 0 Å². The van der Waals surface area contributed by atoms with Crippen molar-refractivity contribution >= 4 is 35.6 Å². The number of hydrogen-bond donors (Lipinski definition) is 9. The molecule has 4 atom stereocenters. The summed E-state index contributed by atoms with van der Waals surface area (Å²) in [6, 6.07) is -4.75. The zero-order valence-corrected chi connectivity index (χ0v) is 19.8. The van der Waals surface area contributed by atoms with E-state index in [0.29, 0.717) is 5.69 Å². The summed E-state index contributed by atoms with van der Waals surface area (Å²) in [6.07, 6.45) is 2.61. The minimum atomic E-state index is -1.28. The summed E-state index contributed by atoms with van der Waals surface area (Å²) in [7, 11) is 0. The molecule has 1 heterocycles. The van der Waals surface area contributed by atoms with Gasteiger partial charge in [-0.15, -0.1) is 0 Å². The lowest BCUT2D eigenvalue weighted by Gasteiger charge is -2.23. The second-order valence-corrected chi connectivity index (χ2v) is 7.96. The molecule has 1 aromatic heterocycles. The lowest BCUT2D eigenvalue weighted by atomic mass is 10.1. The normalized spacial score (nSPS) is 13.9. The summed E-state index contributed by atoms with van der Waals surface area (Å²) in [6.45, 7) is 1.51. The Morgan fingerprint density at radius 2 is 1.69 bits per heavy atom. The summed E-state index contributed by atoms with van der Waals surface area (Å²) in [5.74, 6) is -4.81. The van der Waals surface area contributed by atoms with Crippen molar-refractivity contribution in [1.82, 2.24) is 25.9 Å². The standard InChI is InChI=1S/C20H33N9O7/c1-10(16(32)29-14(19(35)36)7-11-8-24-9-26-11)27-18(34)13(3-2-6-25-20(22)23)28-17(33)12(21)4-5-15(30)31/h8-10,12-14H,2-7,21H2,1H3,(H,24,26)(H,27,34)(H,28,33)(H,29,32)(H,30,31)(H,35,36)(H4,22,23,25). The van der Waals surface area contributed by atoms with Crippen LogP contribution in [0.5, 0.6) is 0 Å². The Labute approximate surface area is 206 Å². The average Bonchev–Trinajstić information content (AvgIpc) is 3.31. The Kier molecular flexibility index (Phi) is 12.4. The minimum absolute atomic E-state index is 0.0561. The van der Waals surface area contributed by atoms with Crippen molar-refractivity contribution in [2.75, 3.05) is 6.54 Å². The number of nitrogens with zero attached hydrogens (tertiary/aromatic N) is 2. The fourth-order valence-electron chi connectivity index (χ4n) is 2.95. The number of carbonyl (C=O) groups is 5. The highest BCUT2D eigenvalue weighted by Gasteiger charge is 2.28. The van der Waals surface area contributed by atoms with Gasteiger partial charge in [-0.1, -0.05) is 0 Å². The molecule has 0 aromatic carbocycles. The van der Waals surface area contributed by atoms with Crippen molar-refractivity contribution in [3.8, 4) is 0 Å². The number of carboxylic acids is 2. The smallest absolute Gasteiger partial charge is 0.326 e. The van der Waals surface area contributed by atoms with E-state index >= 15 is 0 Å². The first-order chi connectivity index (χ1) is 16.9. The van der Waals surface area contributed by atoms with Crippen LogP contribution in [0, 0.1) is 0 Å². The molecule has 1 rings (SSSR count). The van der Waals surface area contributed by atoms with Gasteiger partial charge in [-0.3, -0.25) is 24.2 Å². The van der Waals surface area contributed by atoms with E-state index in [1.165, 1.54) is 19.4 Å². The van der Waals surface area contributed by atoms with Crippen LogP contribution < -0.4 is 33.2 Å². The van der Waals surface area contributed by atoms with E-state index in [1.807, 2.05) is 0 Å². The van der Waals surface area contributed by atoms with Gasteiger partial charge in [-0.25, -0.2) is 9.78 Å². The summed E-state index contributed by atoms with van der Waals surface area (Å²) in [4.78, 5) is 70.3. The Balaban J connectivity index is 2.80. The largest absolute Gasteiger partial charge is 0.481 e. The van der Waals surface area contributed by atoms with Crippen LogP contribution in [-0.4, -0.2) is 86.5 Å². The van der Waals surface area contributed by atoms with Crippen molar-refractivity contribution < 1.29 is 34.2 Å². The Bertz CT molecular complexity index is 932. The van der Waals surface area contributed by atoms with Crippen LogP contribution in [0.15, 0.2) is 17.5 Å². The Hall–Kier alpha value is -4.21. The first-order valence-electron chi connectivity index (χ1n) is 11.0. The van der Waals surface area contributed by atoms with Crippen LogP contribution in [0.2, 0.25) is 0 Å². The molecule has 0 aliphatic carbocycles. The van der Waals surface area contributed by atoms with E-state index in [4.69, 9.17) is 22.3 Å². The maximum absolute atomic E-state index is 12.8. The summed E-state index contributed by atoms with van der Waals surface area (Å²) < 4.78 is 0. The molecular formula is C20H33N9O7. The van der Waals surface area contributed by atoms with Crippen LogP contribution in [0.25, 0.3) is 0 Å². The molecule has 3 amide bonds. The SMILES string of the molecule is CC(NC(=O)C(CCCN=C(N)N)NC(=O)C(N)CCC(=O)O)C(=O)NC(Cc1cnc[nH]1)C(=O)O. The maximum atomic E-state index is 12.8. The Morgan fingerprint density at radius 3 is 2.25 bits per heavy atom. The molecule has 16 heteroatoms. The van der Waals surface area contributed by atoms with Crippen LogP contribution in [0.1, 0.15) is 38.3 Å². The predicted octanol–water partition coefficient (Wildman–Crippen LogP) is -3.24. The van der Waals surface area contributed by atoms with Crippen molar-refractivity contribution in [3.05, 3.63) is 18.2 Å². The van der Waals surface area contributed by atoms with Crippen LogP contribution in [0.3, 0.4) is 0 Å². The molecule has 16 nitrogen and oxygen atoms in total. The molecule has 0 bridgehead atoms. The van der Waals surface area contributed by atoms with Crippen molar-refractivity contribution in [1.29, 1.82) is 0 Å². The van der Waals surface area contributed by atoms with E-state index < -0.39 is 53.8 Å². The van der Waals surface area contributed by atoms with E-state index in [2.05, 4.69) is 30.9 Å². The molecule has 0 radical (unpaired) electrons. The fourth-order valence-corrected chi connectivity index (χ4v) is 2.95. The molecule has 0 saturated carbocycles. The topological polar surface area (TPSA) is 281 Å². The highest BCUT2D eigenvalue weighted by atomic mass is 16.4. The van der Waals surface area contributed by atoms with E-state index in [0.717, 1.165) is 0 Å². The third-order valence-corrected chi connectivity index (χ3v) is 4.93. The van der Waals surface area contributed by atoms with E-state index in [-0.39, 0.29) is 44.6 Å². The number of imidazole rings is 1. The van der Waals surface area contributed by atoms with Gasteiger partial charge in [-0.2, -0.15) is 0 Å².